The van der Waals surface area contributed by atoms with Crippen LogP contribution in [0.1, 0.15) is 56.8 Å². The largest absolute Gasteiger partial charge is 0.378 e. The Morgan fingerprint density at radius 3 is 2.50 bits per heavy atom. The van der Waals surface area contributed by atoms with Crippen LogP contribution in [0.5, 0.6) is 0 Å². The maximum atomic E-state index is 5.78. The summed E-state index contributed by atoms with van der Waals surface area (Å²) >= 11 is 0. The Kier molecular flexibility index (Phi) is 5.62. The normalized spacial score (nSPS) is 24.0. The van der Waals surface area contributed by atoms with E-state index in [9.17, 15) is 0 Å². The third kappa shape index (κ3) is 3.42. The van der Waals surface area contributed by atoms with Gasteiger partial charge in [-0.2, -0.15) is 0 Å². The molecule has 2 nitrogen and oxygen atoms in total. The molecule has 2 heteroatoms. The van der Waals surface area contributed by atoms with Gasteiger partial charge in [0.2, 0.25) is 0 Å². The highest BCUT2D eigenvalue weighted by Gasteiger charge is 2.30. The van der Waals surface area contributed by atoms with E-state index in [4.69, 9.17) is 4.74 Å². The molecule has 1 saturated heterocycles. The Morgan fingerprint density at radius 2 is 1.95 bits per heavy atom. The van der Waals surface area contributed by atoms with Gasteiger partial charge in [-0.15, -0.1) is 0 Å². The Morgan fingerprint density at radius 1 is 1.20 bits per heavy atom. The van der Waals surface area contributed by atoms with E-state index in [-0.39, 0.29) is 0 Å². The fourth-order valence-corrected chi connectivity index (χ4v) is 3.37. The minimum absolute atomic E-state index is 0.404. The predicted octanol–water partition coefficient (Wildman–Crippen LogP) is 3.89. The molecule has 3 unspecified atom stereocenters. The Bertz CT molecular complexity index is 429. The highest BCUT2D eigenvalue weighted by molar-refractivity contribution is 5.34. The summed E-state index contributed by atoms with van der Waals surface area (Å²) in [5, 5.41) is 3.67. The number of hydrogen-bond donors (Lipinski definition) is 1. The molecule has 0 aliphatic carbocycles. The van der Waals surface area contributed by atoms with Gasteiger partial charge in [0, 0.05) is 12.0 Å². The molecule has 1 aliphatic rings. The summed E-state index contributed by atoms with van der Waals surface area (Å²) in [6, 6.07) is 7.47. The lowest BCUT2D eigenvalue weighted by Crippen LogP contribution is -2.28. The van der Waals surface area contributed by atoms with Crippen LogP contribution in [-0.4, -0.2) is 19.3 Å². The third-order valence-corrected chi connectivity index (χ3v) is 4.48. The SMILES string of the molecule is CCNC(c1ccc(CC)c(CC)c1)C1COC(C)C1. The van der Waals surface area contributed by atoms with Gasteiger partial charge >= 0.3 is 0 Å². The van der Waals surface area contributed by atoms with Crippen molar-refractivity contribution in [2.75, 3.05) is 13.2 Å². The molecule has 0 spiro atoms. The van der Waals surface area contributed by atoms with Crippen molar-refractivity contribution in [3.8, 4) is 0 Å². The molecule has 1 aromatic rings. The minimum atomic E-state index is 0.404. The monoisotopic (exact) mass is 275 g/mol. The van der Waals surface area contributed by atoms with Crippen molar-refractivity contribution in [1.82, 2.24) is 5.32 Å². The highest BCUT2D eigenvalue weighted by atomic mass is 16.5. The number of hydrogen-bond acceptors (Lipinski definition) is 2. The van der Waals surface area contributed by atoms with Gasteiger partial charge in [0.1, 0.15) is 0 Å². The van der Waals surface area contributed by atoms with E-state index >= 15 is 0 Å². The number of benzene rings is 1. The minimum Gasteiger partial charge on any atom is -0.378 e. The van der Waals surface area contributed by atoms with Gasteiger partial charge in [-0.1, -0.05) is 39.0 Å². The molecule has 1 fully saturated rings. The van der Waals surface area contributed by atoms with Gasteiger partial charge in [0.15, 0.2) is 0 Å². The zero-order chi connectivity index (χ0) is 14.5. The average molecular weight is 275 g/mol. The third-order valence-electron chi connectivity index (χ3n) is 4.48. The zero-order valence-corrected chi connectivity index (χ0v) is 13.4. The molecule has 112 valence electrons. The topological polar surface area (TPSA) is 21.3 Å². The maximum absolute atomic E-state index is 5.78. The first-order chi connectivity index (χ1) is 9.69. The van der Waals surface area contributed by atoms with Gasteiger partial charge in [0.25, 0.3) is 0 Å². The van der Waals surface area contributed by atoms with Crippen LogP contribution in [0.15, 0.2) is 18.2 Å². The van der Waals surface area contributed by atoms with Gasteiger partial charge in [-0.25, -0.2) is 0 Å². The zero-order valence-electron chi connectivity index (χ0n) is 13.4. The van der Waals surface area contributed by atoms with Crippen molar-refractivity contribution >= 4 is 0 Å². The summed E-state index contributed by atoms with van der Waals surface area (Å²) in [4.78, 5) is 0. The van der Waals surface area contributed by atoms with Crippen molar-refractivity contribution in [3.05, 3.63) is 34.9 Å². The first-order valence-corrected chi connectivity index (χ1v) is 8.16. The summed E-state index contributed by atoms with van der Waals surface area (Å²) in [5.41, 5.74) is 4.42. The van der Waals surface area contributed by atoms with Crippen LogP contribution in [0.3, 0.4) is 0 Å². The Hall–Kier alpha value is -0.860. The summed E-state index contributed by atoms with van der Waals surface area (Å²) in [6.45, 7) is 10.8. The fraction of sp³-hybridized carbons (Fsp3) is 0.667. The van der Waals surface area contributed by atoms with Crippen LogP contribution in [0, 0.1) is 5.92 Å². The smallest absolute Gasteiger partial charge is 0.0551 e. The molecular formula is C18H29NO. The lowest BCUT2D eigenvalue weighted by molar-refractivity contribution is 0.117. The maximum Gasteiger partial charge on any atom is 0.0551 e. The van der Waals surface area contributed by atoms with E-state index in [1.54, 1.807) is 0 Å². The first-order valence-electron chi connectivity index (χ1n) is 8.16. The Labute approximate surface area is 123 Å². The lowest BCUT2D eigenvalue weighted by Gasteiger charge is -2.25. The van der Waals surface area contributed by atoms with E-state index in [0.29, 0.717) is 18.1 Å². The van der Waals surface area contributed by atoms with E-state index in [1.807, 2.05) is 0 Å². The molecule has 0 amide bonds. The van der Waals surface area contributed by atoms with Crippen LogP contribution in [-0.2, 0) is 17.6 Å². The second kappa shape index (κ2) is 7.24. The molecule has 0 saturated carbocycles. The molecule has 0 bridgehead atoms. The molecular weight excluding hydrogens is 246 g/mol. The molecule has 1 N–H and O–H groups in total. The molecule has 2 rings (SSSR count). The van der Waals surface area contributed by atoms with E-state index in [1.165, 1.54) is 16.7 Å². The van der Waals surface area contributed by atoms with E-state index < -0.39 is 0 Å². The van der Waals surface area contributed by atoms with Gasteiger partial charge in [-0.3, -0.25) is 0 Å². The number of ether oxygens (including phenoxy) is 1. The standard InChI is InChI=1S/C18H29NO/c1-5-14-8-9-16(11-15(14)6-2)18(19-7-3)17-10-13(4)20-12-17/h8-9,11,13,17-19H,5-7,10,12H2,1-4H3. The van der Waals surface area contributed by atoms with Crippen LogP contribution in [0.2, 0.25) is 0 Å². The second-order valence-corrected chi connectivity index (χ2v) is 5.91. The summed E-state index contributed by atoms with van der Waals surface area (Å²) in [7, 11) is 0. The first kappa shape index (κ1) is 15.5. The molecule has 0 radical (unpaired) electrons. The van der Waals surface area contributed by atoms with E-state index in [2.05, 4.69) is 51.2 Å². The molecule has 1 aliphatic heterocycles. The summed E-state index contributed by atoms with van der Waals surface area (Å²) in [5.74, 6) is 0.599. The fourth-order valence-electron chi connectivity index (χ4n) is 3.37. The van der Waals surface area contributed by atoms with Crippen molar-refractivity contribution in [1.29, 1.82) is 0 Å². The van der Waals surface area contributed by atoms with Crippen molar-refractivity contribution in [2.24, 2.45) is 5.92 Å². The van der Waals surface area contributed by atoms with E-state index in [0.717, 1.165) is 32.4 Å². The molecule has 0 aromatic heterocycles. The van der Waals surface area contributed by atoms with Crippen LogP contribution < -0.4 is 5.32 Å². The average Bonchev–Trinajstić information content (AvgIpc) is 2.90. The quantitative estimate of drug-likeness (QED) is 0.850. The van der Waals surface area contributed by atoms with Crippen LogP contribution in [0.25, 0.3) is 0 Å². The van der Waals surface area contributed by atoms with Crippen molar-refractivity contribution in [3.63, 3.8) is 0 Å². The Balaban J connectivity index is 2.24. The predicted molar refractivity (Wildman–Crippen MR) is 85.1 cm³/mol. The molecule has 3 atom stereocenters. The molecule has 1 heterocycles. The molecule has 1 aromatic carbocycles. The number of nitrogens with one attached hydrogen (secondary N) is 1. The highest BCUT2D eigenvalue weighted by Crippen LogP contribution is 2.32. The lowest BCUT2D eigenvalue weighted by atomic mass is 9.88. The second-order valence-electron chi connectivity index (χ2n) is 5.91. The van der Waals surface area contributed by atoms with Crippen LogP contribution in [0.4, 0.5) is 0 Å². The van der Waals surface area contributed by atoms with Crippen molar-refractivity contribution < 1.29 is 4.74 Å². The number of rotatable bonds is 6. The van der Waals surface area contributed by atoms with Gasteiger partial charge in [0.05, 0.1) is 12.7 Å². The van der Waals surface area contributed by atoms with Gasteiger partial charge in [-0.05, 0) is 49.4 Å². The molecule has 20 heavy (non-hydrogen) atoms. The van der Waals surface area contributed by atoms with Gasteiger partial charge < -0.3 is 10.1 Å². The summed E-state index contributed by atoms with van der Waals surface area (Å²) in [6.07, 6.45) is 3.81. The summed E-state index contributed by atoms with van der Waals surface area (Å²) < 4.78 is 5.78. The van der Waals surface area contributed by atoms with Crippen LogP contribution >= 0.6 is 0 Å². The van der Waals surface area contributed by atoms with Crippen molar-refractivity contribution in [2.45, 2.75) is 59.1 Å². The number of aryl methyl sites for hydroxylation is 2.